The molecular weight excluding hydrogens is 977 g/mol. The van der Waals surface area contributed by atoms with Crippen LogP contribution in [0.5, 0.6) is 0 Å². The molecule has 20 heteroatoms. The molecule has 3 fully saturated rings. The molecule has 0 saturated carbocycles. The minimum absolute atomic E-state index is 0.0922. The van der Waals surface area contributed by atoms with Crippen LogP contribution in [-0.4, -0.2) is 127 Å². The number of likely N-dealkylation sites (tertiary alicyclic amines) is 2. The lowest BCUT2D eigenvalue weighted by molar-refractivity contribution is -0.138. The maximum Gasteiger partial charge on any atom is 0.417 e. The van der Waals surface area contributed by atoms with Crippen molar-refractivity contribution >= 4 is 23.5 Å². The number of morpholine rings is 1. The van der Waals surface area contributed by atoms with E-state index in [4.69, 9.17) is 9.84 Å². The lowest BCUT2D eigenvalue weighted by Gasteiger charge is -2.43. The summed E-state index contributed by atoms with van der Waals surface area (Å²) in [7, 11) is 0. The minimum atomic E-state index is -4.55. The Labute approximate surface area is 431 Å². The number of nitrogens with zero attached hydrogens (tertiary/aromatic N) is 9. The molecule has 0 radical (unpaired) electrons. The molecule has 4 aromatic heterocycles. The maximum absolute atomic E-state index is 15.1. The second-order valence-electron chi connectivity index (χ2n) is 20.0. The number of aryl methyl sites for hydroxylation is 2. The summed E-state index contributed by atoms with van der Waals surface area (Å²) in [5.74, 6) is 0.543. The van der Waals surface area contributed by atoms with Gasteiger partial charge in [-0.2, -0.15) is 31.4 Å². The predicted octanol–water partition coefficient (Wildman–Crippen LogP) is 10.1. The Morgan fingerprint density at radius 2 is 1.25 bits per heavy atom. The number of carbonyl (C=O) groups excluding carboxylic acids is 2. The van der Waals surface area contributed by atoms with Crippen LogP contribution in [-0.2, 0) is 17.1 Å². The van der Waals surface area contributed by atoms with Crippen LogP contribution in [0.15, 0.2) is 104 Å². The van der Waals surface area contributed by atoms with Crippen molar-refractivity contribution < 1.29 is 40.7 Å². The summed E-state index contributed by atoms with van der Waals surface area (Å²) in [6.45, 7) is 10.5. The molecule has 3 aliphatic heterocycles. The number of halogens is 6. The van der Waals surface area contributed by atoms with Crippen LogP contribution in [0.4, 0.5) is 38.0 Å². The summed E-state index contributed by atoms with van der Waals surface area (Å²) in [5, 5.41) is 11.5. The third-order valence-corrected chi connectivity index (χ3v) is 14.8. The first-order valence-electron chi connectivity index (χ1n) is 25.5. The fraction of sp³-hybridized carbons (Fsp3) is 0.436. The summed E-state index contributed by atoms with van der Waals surface area (Å²) in [4.78, 5) is 53.2. The minimum Gasteiger partial charge on any atom is -0.379 e. The lowest BCUT2D eigenvalue weighted by Crippen LogP contribution is -2.52. The van der Waals surface area contributed by atoms with E-state index in [1.54, 1.807) is 24.7 Å². The van der Waals surface area contributed by atoms with Crippen LogP contribution in [0.25, 0.3) is 22.5 Å². The van der Waals surface area contributed by atoms with Gasteiger partial charge in [-0.05, 0) is 106 Å². The number of aromatic nitrogens is 6. The Morgan fingerprint density at radius 1 is 0.693 bits per heavy atom. The van der Waals surface area contributed by atoms with E-state index in [1.165, 1.54) is 12.1 Å². The molecule has 396 valence electrons. The van der Waals surface area contributed by atoms with Gasteiger partial charge in [0.2, 0.25) is 0 Å². The molecule has 5 atom stereocenters. The summed E-state index contributed by atoms with van der Waals surface area (Å²) >= 11 is 0. The number of nitrogens with one attached hydrogen (secondary N) is 2. The monoisotopic (exact) mass is 1040 g/mol. The van der Waals surface area contributed by atoms with Gasteiger partial charge in [0.05, 0.1) is 54.2 Å². The first kappa shape index (κ1) is 52.9. The summed E-state index contributed by atoms with van der Waals surface area (Å²) in [6, 6.07) is 16.8. The van der Waals surface area contributed by atoms with Crippen LogP contribution < -0.4 is 10.6 Å². The topological polar surface area (TPSA) is 147 Å². The van der Waals surface area contributed by atoms with Gasteiger partial charge in [0.1, 0.15) is 11.6 Å². The van der Waals surface area contributed by atoms with Gasteiger partial charge in [0, 0.05) is 93.5 Å². The van der Waals surface area contributed by atoms with E-state index in [0.29, 0.717) is 93.4 Å². The van der Waals surface area contributed by atoms with E-state index < -0.39 is 29.5 Å². The third kappa shape index (κ3) is 12.6. The van der Waals surface area contributed by atoms with Crippen molar-refractivity contribution in [1.29, 1.82) is 0 Å². The van der Waals surface area contributed by atoms with Crippen molar-refractivity contribution in [2.24, 2.45) is 11.8 Å². The number of piperidine rings is 2. The highest BCUT2D eigenvalue weighted by Crippen LogP contribution is 2.37. The fourth-order valence-corrected chi connectivity index (χ4v) is 10.7. The number of ether oxygens (including phenoxy) is 1. The molecule has 0 bridgehead atoms. The average molecular weight is 1040 g/mol. The number of rotatable bonds is 15. The molecule has 75 heavy (non-hydrogen) atoms. The van der Waals surface area contributed by atoms with E-state index in [2.05, 4.69) is 42.4 Å². The van der Waals surface area contributed by atoms with Crippen molar-refractivity contribution in [3.05, 3.63) is 137 Å². The molecule has 2 aromatic carbocycles. The molecule has 0 aliphatic carbocycles. The molecule has 2 amide bonds. The van der Waals surface area contributed by atoms with Gasteiger partial charge in [-0.1, -0.05) is 42.3 Å². The van der Waals surface area contributed by atoms with Crippen LogP contribution in [0, 0.1) is 25.7 Å². The number of anilines is 2. The molecule has 2 N–H and O–H groups in total. The van der Waals surface area contributed by atoms with Crippen LogP contribution in [0.1, 0.15) is 88.0 Å². The van der Waals surface area contributed by atoms with Gasteiger partial charge in [-0.3, -0.25) is 19.2 Å². The summed E-state index contributed by atoms with van der Waals surface area (Å²) in [6.07, 6.45) is 3.25. The third-order valence-electron chi connectivity index (χ3n) is 14.8. The van der Waals surface area contributed by atoms with Gasteiger partial charge in [0.15, 0.2) is 5.82 Å². The van der Waals surface area contributed by atoms with Crippen LogP contribution in [0.2, 0.25) is 0 Å². The number of pyridine rings is 2. The smallest absolute Gasteiger partial charge is 0.379 e. The second kappa shape index (κ2) is 22.9. The molecule has 3 aliphatic rings. The highest BCUT2D eigenvalue weighted by atomic mass is 19.4. The van der Waals surface area contributed by atoms with Crippen molar-refractivity contribution in [1.82, 2.24) is 44.4 Å². The van der Waals surface area contributed by atoms with Crippen LogP contribution in [0.3, 0.4) is 0 Å². The molecule has 6 aromatic rings. The van der Waals surface area contributed by atoms with Gasteiger partial charge in [0.25, 0.3) is 11.8 Å². The number of hydrogen-bond acceptors (Lipinski definition) is 11. The standard InChI is InChI=1S/C55H61F6N11O3/c1-35-9-13-43(45(25-35)52(73)70-19-4-7-37(3)47(70)31-66-49-15-11-40(29-64-49)54(56,57)58)39-28-68-72(33-39)42(34-69-21-23-75-24-22-69)27-38-8-5-20-71(48(38)32-67-50-16-12-41(30-65-50)55(59,60)61)53(74)46-26-36(2)10-14-44(46)51-62-17-6-18-63-51/h6,9-18,25-26,28-30,33,37-38,42,47-48H,4-5,7-8,19-24,27,31-32,34H2,1-3H3,(H,64,66)(H,65,67)/t37-,38?,42?,47?,48-/m1/s1. The second-order valence-corrected chi connectivity index (χ2v) is 20.0. The Bertz CT molecular complexity index is 2900. The van der Waals surface area contributed by atoms with Gasteiger partial charge in [-0.15, -0.1) is 0 Å². The van der Waals surface area contributed by atoms with Crippen LogP contribution >= 0.6 is 0 Å². The molecule has 7 heterocycles. The summed E-state index contributed by atoms with van der Waals surface area (Å²) in [5.41, 5.74) is 3.05. The number of hydrogen-bond donors (Lipinski definition) is 2. The number of benzene rings is 2. The van der Waals surface area contributed by atoms with E-state index >= 15 is 4.79 Å². The van der Waals surface area contributed by atoms with E-state index in [0.717, 1.165) is 60.5 Å². The number of carbonyl (C=O) groups is 2. The lowest BCUT2D eigenvalue weighted by atomic mass is 9.83. The van der Waals surface area contributed by atoms with Gasteiger partial charge in [-0.25, -0.2) is 19.9 Å². The zero-order valence-electron chi connectivity index (χ0n) is 42.1. The Hall–Kier alpha value is -6.93. The highest BCUT2D eigenvalue weighted by molar-refractivity contribution is 6.02. The Kier molecular flexibility index (Phi) is 16.2. The molecule has 14 nitrogen and oxygen atoms in total. The average Bonchev–Trinajstić information content (AvgIpc) is 3.90. The van der Waals surface area contributed by atoms with E-state index in [9.17, 15) is 31.1 Å². The van der Waals surface area contributed by atoms with Crippen molar-refractivity contribution in [3.8, 4) is 22.5 Å². The molecular formula is C55H61F6N11O3. The van der Waals surface area contributed by atoms with E-state index in [-0.39, 0.29) is 53.9 Å². The normalized spacial score (nSPS) is 20.2. The molecule has 9 rings (SSSR count). The van der Waals surface area contributed by atoms with Gasteiger partial charge < -0.3 is 25.2 Å². The van der Waals surface area contributed by atoms with Crippen molar-refractivity contribution in [2.75, 3.05) is 69.7 Å². The zero-order chi connectivity index (χ0) is 52.9. The SMILES string of the molecule is Cc1ccc(-c2cnn(C(CC3CCCN(C(=O)c4cc(C)ccc4-c4ncccn4)[C@@H]3CNc3ccc(C(F)(F)F)cn3)CN3CCOCC3)c2)c(C(=O)N2CCC[C@@H](C)C2CNc2ccc(C(F)(F)F)cn2)c1. The van der Waals surface area contributed by atoms with Crippen molar-refractivity contribution in [2.45, 2.75) is 83.4 Å². The van der Waals surface area contributed by atoms with Gasteiger partial charge >= 0.3 is 12.4 Å². The van der Waals surface area contributed by atoms with Crippen molar-refractivity contribution in [3.63, 3.8) is 0 Å². The first-order chi connectivity index (χ1) is 36.0. The Morgan fingerprint density at radius 3 is 1.84 bits per heavy atom. The number of amides is 2. The summed E-state index contributed by atoms with van der Waals surface area (Å²) < 4.78 is 88.2. The number of alkyl halides is 6. The molecule has 3 unspecified atom stereocenters. The zero-order valence-corrected chi connectivity index (χ0v) is 42.1. The molecule has 3 saturated heterocycles. The fourth-order valence-electron chi connectivity index (χ4n) is 10.7. The largest absolute Gasteiger partial charge is 0.417 e. The quantitative estimate of drug-likeness (QED) is 0.0948. The highest BCUT2D eigenvalue weighted by Gasteiger charge is 2.39. The molecule has 0 spiro atoms. The predicted molar refractivity (Wildman–Crippen MR) is 272 cm³/mol. The Balaban J connectivity index is 1.02. The first-order valence-corrected chi connectivity index (χ1v) is 25.5. The maximum atomic E-state index is 15.1. The van der Waals surface area contributed by atoms with E-state index in [1.807, 2.05) is 70.9 Å².